The summed E-state index contributed by atoms with van der Waals surface area (Å²) in [5, 5.41) is 2.89. The van der Waals surface area contributed by atoms with Crippen molar-refractivity contribution in [2.45, 2.75) is 34.6 Å². The molecule has 0 spiro atoms. The van der Waals surface area contributed by atoms with E-state index in [1.165, 1.54) is 0 Å². The van der Waals surface area contributed by atoms with Crippen LogP contribution in [0, 0.1) is 6.92 Å². The lowest BCUT2D eigenvalue weighted by Gasteiger charge is -2.20. The molecule has 0 atom stereocenters. The van der Waals surface area contributed by atoms with Gasteiger partial charge >= 0.3 is 0 Å². The van der Waals surface area contributed by atoms with E-state index < -0.39 is 0 Å². The first-order valence-corrected chi connectivity index (χ1v) is 8.25. The molecule has 0 unspecified atom stereocenters. The van der Waals surface area contributed by atoms with Gasteiger partial charge in [0.25, 0.3) is 5.91 Å². The normalized spacial score (nSPS) is 16.6. The Labute approximate surface area is 145 Å². The largest absolute Gasteiger partial charge is 0.488 e. The molecule has 2 rings (SSSR count). The maximum atomic E-state index is 12.3. The minimum atomic E-state index is -0.141. The number of hydrogen-bond donors (Lipinski definition) is 1. The van der Waals surface area contributed by atoms with E-state index in [9.17, 15) is 4.79 Å². The summed E-state index contributed by atoms with van der Waals surface area (Å²) in [5.41, 5.74) is 4.34. The number of allylic oxidation sites excluding steroid dienone is 4. The number of benzene rings is 1. The zero-order chi connectivity index (χ0) is 18.1. The van der Waals surface area contributed by atoms with Crippen LogP contribution in [-0.4, -0.2) is 12.5 Å². The lowest BCUT2D eigenvalue weighted by molar-refractivity contribution is -0.113. The zero-order valence-corrected chi connectivity index (χ0v) is 15.3. The van der Waals surface area contributed by atoms with Crippen molar-refractivity contribution in [1.29, 1.82) is 0 Å². The van der Waals surface area contributed by atoms with Gasteiger partial charge in [0.2, 0.25) is 0 Å². The maximum absolute atomic E-state index is 12.3. The first-order valence-electron chi connectivity index (χ1n) is 8.25. The molecule has 1 aromatic rings. The first-order chi connectivity index (χ1) is 11.5. The smallest absolute Gasteiger partial charge is 0.255 e. The van der Waals surface area contributed by atoms with Crippen LogP contribution in [0.5, 0.6) is 0 Å². The number of nitrogens with one attached hydrogen (secondary N) is 1. The van der Waals surface area contributed by atoms with Gasteiger partial charge in [-0.25, -0.2) is 0 Å². The number of hydrogen-bond acceptors (Lipinski definition) is 2. The molecule has 128 valence electrons. The molecule has 0 aromatic heterocycles. The van der Waals surface area contributed by atoms with E-state index in [0.717, 1.165) is 28.2 Å². The Bertz CT molecular complexity index is 676. The first kappa shape index (κ1) is 19.5. The summed E-state index contributed by atoms with van der Waals surface area (Å²) in [7, 11) is 0. The molecular formula is C21H27NO2. The van der Waals surface area contributed by atoms with Crippen molar-refractivity contribution in [2.24, 2.45) is 0 Å². The van der Waals surface area contributed by atoms with Crippen molar-refractivity contribution in [3.63, 3.8) is 0 Å². The minimum absolute atomic E-state index is 0.141. The number of anilines is 1. The molecule has 24 heavy (non-hydrogen) atoms. The van der Waals surface area contributed by atoms with Crippen molar-refractivity contribution in [2.75, 3.05) is 11.9 Å². The SMILES string of the molecule is C=C(C)/C=C1/OCC(C(=O)Nc2ccc(C)cc2)=C/C1=C/C.CC. The van der Waals surface area contributed by atoms with E-state index in [2.05, 4.69) is 11.9 Å². The van der Waals surface area contributed by atoms with E-state index in [-0.39, 0.29) is 12.5 Å². The molecule has 0 bridgehead atoms. The Morgan fingerprint density at radius 2 is 1.88 bits per heavy atom. The second-order valence-corrected chi connectivity index (χ2v) is 5.38. The second-order valence-electron chi connectivity index (χ2n) is 5.38. The minimum Gasteiger partial charge on any atom is -0.488 e. The number of ether oxygens (including phenoxy) is 1. The molecule has 1 amide bonds. The molecule has 0 saturated heterocycles. The van der Waals surface area contributed by atoms with Gasteiger partial charge in [0.1, 0.15) is 12.4 Å². The Morgan fingerprint density at radius 1 is 1.25 bits per heavy atom. The lowest BCUT2D eigenvalue weighted by Crippen LogP contribution is -2.21. The third kappa shape index (κ3) is 5.58. The molecule has 1 aliphatic rings. The van der Waals surface area contributed by atoms with E-state index in [1.807, 2.05) is 77.1 Å². The Morgan fingerprint density at radius 3 is 2.42 bits per heavy atom. The van der Waals surface area contributed by atoms with Gasteiger partial charge in [0, 0.05) is 11.3 Å². The predicted molar refractivity (Wildman–Crippen MR) is 102 cm³/mol. The summed E-state index contributed by atoms with van der Waals surface area (Å²) < 4.78 is 5.69. The van der Waals surface area contributed by atoms with Crippen molar-refractivity contribution < 1.29 is 9.53 Å². The van der Waals surface area contributed by atoms with Crippen molar-refractivity contribution >= 4 is 11.6 Å². The van der Waals surface area contributed by atoms with E-state index in [1.54, 1.807) is 0 Å². The van der Waals surface area contributed by atoms with E-state index in [0.29, 0.717) is 5.57 Å². The fraction of sp³-hybridized carbons (Fsp3) is 0.286. The highest BCUT2D eigenvalue weighted by molar-refractivity contribution is 6.04. The Balaban J connectivity index is 0.00000139. The second kappa shape index (κ2) is 9.56. The van der Waals surface area contributed by atoms with Crippen LogP contribution in [0.25, 0.3) is 0 Å². The fourth-order valence-corrected chi connectivity index (χ4v) is 2.09. The van der Waals surface area contributed by atoms with Crippen LogP contribution in [0.3, 0.4) is 0 Å². The van der Waals surface area contributed by atoms with Crippen molar-refractivity contribution in [1.82, 2.24) is 0 Å². The average Bonchev–Trinajstić information content (AvgIpc) is 2.58. The summed E-state index contributed by atoms with van der Waals surface area (Å²) in [6.07, 6.45) is 5.66. The fourth-order valence-electron chi connectivity index (χ4n) is 2.09. The molecule has 1 N–H and O–H groups in total. The van der Waals surface area contributed by atoms with Crippen LogP contribution in [0.1, 0.15) is 33.3 Å². The Kier molecular flexibility index (Phi) is 7.76. The van der Waals surface area contributed by atoms with E-state index in [4.69, 9.17) is 4.74 Å². The Hall–Kier alpha value is -2.55. The molecule has 0 fully saturated rings. The monoisotopic (exact) mass is 325 g/mol. The van der Waals surface area contributed by atoms with Crippen LogP contribution in [0.4, 0.5) is 5.69 Å². The third-order valence-electron chi connectivity index (χ3n) is 3.29. The lowest BCUT2D eigenvalue weighted by atomic mass is 10.0. The standard InChI is InChI=1S/C19H21NO2.C2H6/c1-5-15-11-16(12-22-18(15)10-13(2)3)19(21)20-17-8-6-14(4)7-9-17;1-2/h5-11H,2,12H2,1,3-4H3,(H,20,21);1-2H3/b15-5-,18-10+;. The zero-order valence-electron chi connectivity index (χ0n) is 15.3. The van der Waals surface area contributed by atoms with Gasteiger partial charge in [0.05, 0.1) is 5.57 Å². The highest BCUT2D eigenvalue weighted by Crippen LogP contribution is 2.24. The number of aryl methyl sites for hydroxylation is 1. The van der Waals surface area contributed by atoms with Crippen molar-refractivity contribution in [3.8, 4) is 0 Å². The van der Waals surface area contributed by atoms with Crippen LogP contribution in [0.2, 0.25) is 0 Å². The third-order valence-corrected chi connectivity index (χ3v) is 3.29. The number of carbonyl (C=O) groups is 1. The van der Waals surface area contributed by atoms with Gasteiger partial charge in [-0.2, -0.15) is 0 Å². The van der Waals surface area contributed by atoms with E-state index >= 15 is 0 Å². The molecular weight excluding hydrogens is 298 g/mol. The van der Waals surface area contributed by atoms with Crippen LogP contribution >= 0.6 is 0 Å². The van der Waals surface area contributed by atoms with Gasteiger partial charge in [-0.1, -0.05) is 49.8 Å². The molecule has 1 aromatic carbocycles. The van der Waals surface area contributed by atoms with Gasteiger partial charge < -0.3 is 10.1 Å². The molecule has 0 aliphatic carbocycles. The maximum Gasteiger partial charge on any atom is 0.255 e. The van der Waals surface area contributed by atoms with Gasteiger partial charge in [0.15, 0.2) is 0 Å². The molecule has 1 aliphatic heterocycles. The molecule has 0 radical (unpaired) electrons. The number of amides is 1. The molecule has 3 nitrogen and oxygen atoms in total. The molecule has 0 saturated carbocycles. The van der Waals surface area contributed by atoms with Crippen molar-refractivity contribution in [3.05, 3.63) is 77.1 Å². The molecule has 3 heteroatoms. The number of carbonyl (C=O) groups excluding carboxylic acids is 1. The highest BCUT2D eigenvalue weighted by atomic mass is 16.5. The van der Waals surface area contributed by atoms with Crippen LogP contribution < -0.4 is 5.32 Å². The number of rotatable bonds is 3. The molecule has 1 heterocycles. The topological polar surface area (TPSA) is 38.3 Å². The summed E-state index contributed by atoms with van der Waals surface area (Å²) in [6.45, 7) is 13.9. The quantitative estimate of drug-likeness (QED) is 0.816. The predicted octanol–water partition coefficient (Wildman–Crippen LogP) is 5.32. The average molecular weight is 325 g/mol. The van der Waals surface area contributed by atoms with Gasteiger partial charge in [-0.15, -0.1) is 0 Å². The van der Waals surface area contributed by atoms with Crippen LogP contribution in [-0.2, 0) is 9.53 Å². The summed E-state index contributed by atoms with van der Waals surface area (Å²) in [5.74, 6) is 0.611. The van der Waals surface area contributed by atoms with Crippen LogP contribution in [0.15, 0.2) is 71.6 Å². The summed E-state index contributed by atoms with van der Waals surface area (Å²) >= 11 is 0. The summed E-state index contributed by atoms with van der Waals surface area (Å²) in [6, 6.07) is 7.71. The highest BCUT2D eigenvalue weighted by Gasteiger charge is 2.18. The van der Waals surface area contributed by atoms with Gasteiger partial charge in [-0.3, -0.25) is 4.79 Å². The van der Waals surface area contributed by atoms with Gasteiger partial charge in [-0.05, 0) is 45.1 Å². The summed E-state index contributed by atoms with van der Waals surface area (Å²) in [4.78, 5) is 12.3.